The predicted molar refractivity (Wildman–Crippen MR) is 133 cm³/mol. The number of rotatable bonds is 7. The van der Waals surface area contributed by atoms with E-state index in [1.807, 2.05) is 0 Å². The van der Waals surface area contributed by atoms with E-state index in [1.165, 1.54) is 19.3 Å². The predicted octanol–water partition coefficient (Wildman–Crippen LogP) is 2.41. The second-order valence-electron chi connectivity index (χ2n) is 9.74. The Kier molecular flexibility index (Phi) is 8.62. The maximum absolute atomic E-state index is 13.3. The Morgan fingerprint density at radius 2 is 1.91 bits per heavy atom. The highest BCUT2D eigenvalue weighted by Crippen LogP contribution is 2.32. The first kappa shape index (κ1) is 25.4. The molecule has 3 amide bonds. The molecule has 2 saturated heterocycles. The van der Waals surface area contributed by atoms with Crippen molar-refractivity contribution in [1.29, 1.82) is 0 Å². The number of amides is 3. The van der Waals surface area contributed by atoms with E-state index in [4.69, 9.17) is 9.47 Å². The largest absolute Gasteiger partial charge is 0.490 e. The number of fused-ring (bicyclic) bond motifs is 2. The number of piperidine rings is 1. The van der Waals surface area contributed by atoms with Gasteiger partial charge in [-0.3, -0.25) is 14.4 Å². The van der Waals surface area contributed by atoms with Crippen molar-refractivity contribution in [2.75, 3.05) is 45.2 Å². The molecule has 4 rings (SSSR count). The van der Waals surface area contributed by atoms with Gasteiger partial charge in [0.2, 0.25) is 11.8 Å². The number of ether oxygens (including phenoxy) is 2. The molecule has 0 bridgehead atoms. The summed E-state index contributed by atoms with van der Waals surface area (Å²) in [5.74, 6) is 0.198. The van der Waals surface area contributed by atoms with E-state index in [0.29, 0.717) is 49.4 Å². The van der Waals surface area contributed by atoms with Crippen molar-refractivity contribution in [1.82, 2.24) is 15.1 Å². The highest BCUT2D eigenvalue weighted by atomic mass is 16.5. The zero-order valence-electron chi connectivity index (χ0n) is 20.9. The minimum Gasteiger partial charge on any atom is -0.490 e. The number of nitrogens with zero attached hydrogens (tertiary/aromatic N) is 2. The Hall–Kier alpha value is -2.65. The van der Waals surface area contributed by atoms with Gasteiger partial charge in [-0.05, 0) is 57.0 Å². The second kappa shape index (κ2) is 11.9. The summed E-state index contributed by atoms with van der Waals surface area (Å²) in [5, 5.41) is 5.83. The smallest absolute Gasteiger partial charge is 0.257 e. The van der Waals surface area contributed by atoms with Gasteiger partial charge in [0.05, 0.1) is 24.1 Å². The second-order valence-corrected chi connectivity index (χ2v) is 9.74. The molecule has 0 saturated carbocycles. The van der Waals surface area contributed by atoms with Gasteiger partial charge in [0.15, 0.2) is 0 Å². The van der Waals surface area contributed by atoms with Crippen LogP contribution in [0, 0.1) is 0 Å². The Morgan fingerprint density at radius 3 is 2.69 bits per heavy atom. The first-order chi connectivity index (χ1) is 16.9. The lowest BCUT2D eigenvalue weighted by molar-refractivity contribution is -0.134. The number of hydrogen-bond acceptors (Lipinski definition) is 6. The molecule has 0 spiro atoms. The molecule has 1 aromatic rings. The topological polar surface area (TPSA) is 100 Å². The molecule has 1 aromatic carbocycles. The molecule has 9 heteroatoms. The molecule has 0 unspecified atom stereocenters. The van der Waals surface area contributed by atoms with Crippen molar-refractivity contribution in [2.24, 2.45) is 0 Å². The number of anilines is 1. The summed E-state index contributed by atoms with van der Waals surface area (Å²) >= 11 is 0. The number of benzene rings is 1. The number of likely N-dealkylation sites (N-methyl/N-ethyl adjacent to an activating group) is 1. The van der Waals surface area contributed by atoms with Crippen LogP contribution in [-0.2, 0) is 14.3 Å². The van der Waals surface area contributed by atoms with E-state index >= 15 is 0 Å². The number of carbonyl (C=O) groups excluding carboxylic acids is 3. The molecule has 0 aliphatic carbocycles. The van der Waals surface area contributed by atoms with Gasteiger partial charge in [-0.2, -0.15) is 0 Å². The molecule has 3 atom stereocenters. The summed E-state index contributed by atoms with van der Waals surface area (Å²) in [6, 6.07) is 4.98. The SMILES string of the molecule is CCC(=O)Nc1ccc2c(c1)C(=O)N(C)[C@@H]1CC[C@@H](CC(=O)NCCN3CCCCC3)O[C@H]1CO2. The van der Waals surface area contributed by atoms with Crippen molar-refractivity contribution in [3.05, 3.63) is 23.8 Å². The van der Waals surface area contributed by atoms with Crippen LogP contribution in [0.2, 0.25) is 0 Å². The van der Waals surface area contributed by atoms with Gasteiger partial charge in [0.1, 0.15) is 18.5 Å². The summed E-state index contributed by atoms with van der Waals surface area (Å²) in [6.45, 7) is 5.87. The lowest BCUT2D eigenvalue weighted by Gasteiger charge is -2.42. The number of nitrogens with one attached hydrogen (secondary N) is 2. The molecule has 3 aliphatic heterocycles. The van der Waals surface area contributed by atoms with E-state index < -0.39 is 0 Å². The fourth-order valence-corrected chi connectivity index (χ4v) is 5.17. The molecule has 35 heavy (non-hydrogen) atoms. The standard InChI is InChI=1S/C26H38N4O5/c1-3-24(31)28-18-7-10-22-20(15-18)26(33)29(2)21-9-8-19(35-23(21)17-34-22)16-25(32)27-11-14-30-12-5-4-6-13-30/h7,10,15,19,21,23H,3-6,8-9,11-14,16-17H2,1-2H3,(H,27,32)(H,28,31)/t19-,21+,23-/m0/s1. The van der Waals surface area contributed by atoms with Crippen LogP contribution in [0.4, 0.5) is 5.69 Å². The van der Waals surface area contributed by atoms with E-state index in [9.17, 15) is 14.4 Å². The van der Waals surface area contributed by atoms with Crippen LogP contribution in [0.5, 0.6) is 5.75 Å². The Morgan fingerprint density at radius 1 is 1.11 bits per heavy atom. The summed E-state index contributed by atoms with van der Waals surface area (Å²) in [7, 11) is 1.78. The summed E-state index contributed by atoms with van der Waals surface area (Å²) in [5.41, 5.74) is 0.999. The monoisotopic (exact) mass is 486 g/mol. The molecule has 0 aromatic heterocycles. The molecule has 3 heterocycles. The van der Waals surface area contributed by atoms with E-state index in [1.54, 1.807) is 37.1 Å². The average Bonchev–Trinajstić information content (AvgIpc) is 2.87. The fourth-order valence-electron chi connectivity index (χ4n) is 5.17. The summed E-state index contributed by atoms with van der Waals surface area (Å²) < 4.78 is 12.3. The maximum atomic E-state index is 13.3. The maximum Gasteiger partial charge on any atom is 0.257 e. The zero-order chi connectivity index (χ0) is 24.8. The van der Waals surface area contributed by atoms with Gasteiger partial charge in [-0.15, -0.1) is 0 Å². The van der Waals surface area contributed by atoms with Crippen LogP contribution in [0.3, 0.4) is 0 Å². The van der Waals surface area contributed by atoms with Crippen LogP contribution >= 0.6 is 0 Å². The number of hydrogen-bond donors (Lipinski definition) is 2. The molecule has 0 radical (unpaired) electrons. The van der Waals surface area contributed by atoms with Gasteiger partial charge in [-0.1, -0.05) is 13.3 Å². The minimum absolute atomic E-state index is 0.00801. The van der Waals surface area contributed by atoms with Crippen LogP contribution in [0.1, 0.15) is 62.2 Å². The van der Waals surface area contributed by atoms with Gasteiger partial charge < -0.3 is 29.9 Å². The zero-order valence-corrected chi connectivity index (χ0v) is 20.9. The van der Waals surface area contributed by atoms with Crippen molar-refractivity contribution < 1.29 is 23.9 Å². The molecule has 3 aliphatic rings. The lowest BCUT2D eigenvalue weighted by atomic mass is 9.94. The summed E-state index contributed by atoms with van der Waals surface area (Å²) in [4.78, 5) is 41.7. The van der Waals surface area contributed by atoms with Crippen LogP contribution in [0.25, 0.3) is 0 Å². The minimum atomic E-state index is -0.309. The molecule has 9 nitrogen and oxygen atoms in total. The van der Waals surface area contributed by atoms with Crippen molar-refractivity contribution in [2.45, 2.75) is 70.1 Å². The van der Waals surface area contributed by atoms with Crippen LogP contribution < -0.4 is 15.4 Å². The summed E-state index contributed by atoms with van der Waals surface area (Å²) in [6.07, 6.45) is 5.41. The van der Waals surface area contributed by atoms with Gasteiger partial charge in [-0.25, -0.2) is 0 Å². The van der Waals surface area contributed by atoms with Crippen molar-refractivity contribution in [3.8, 4) is 5.75 Å². The Balaban J connectivity index is 1.32. The van der Waals surface area contributed by atoms with Gasteiger partial charge >= 0.3 is 0 Å². The third-order valence-corrected chi connectivity index (χ3v) is 7.23. The van der Waals surface area contributed by atoms with Crippen molar-refractivity contribution >= 4 is 23.4 Å². The van der Waals surface area contributed by atoms with Gasteiger partial charge in [0, 0.05) is 32.2 Å². The molecule has 192 valence electrons. The normalized spacial score (nSPS) is 24.9. The van der Waals surface area contributed by atoms with Crippen LogP contribution in [0.15, 0.2) is 18.2 Å². The molecule has 2 fully saturated rings. The number of carbonyl (C=O) groups is 3. The highest BCUT2D eigenvalue weighted by Gasteiger charge is 2.39. The number of likely N-dealkylation sites (tertiary alicyclic amines) is 1. The quantitative estimate of drug-likeness (QED) is 0.614. The lowest BCUT2D eigenvalue weighted by Crippen LogP contribution is -2.54. The third-order valence-electron chi connectivity index (χ3n) is 7.23. The first-order valence-electron chi connectivity index (χ1n) is 12.9. The highest BCUT2D eigenvalue weighted by molar-refractivity contribution is 5.99. The molecular weight excluding hydrogens is 448 g/mol. The van der Waals surface area contributed by atoms with Crippen molar-refractivity contribution in [3.63, 3.8) is 0 Å². The Labute approximate surface area is 207 Å². The van der Waals surface area contributed by atoms with E-state index in [2.05, 4.69) is 15.5 Å². The third kappa shape index (κ3) is 6.52. The van der Waals surface area contributed by atoms with Gasteiger partial charge in [0.25, 0.3) is 5.91 Å². The molecular formula is C26H38N4O5. The average molecular weight is 487 g/mol. The van der Waals surface area contributed by atoms with E-state index in [0.717, 1.165) is 26.1 Å². The fraction of sp³-hybridized carbons (Fsp3) is 0.654. The Bertz CT molecular complexity index is 917. The van der Waals surface area contributed by atoms with E-state index in [-0.39, 0.29) is 36.0 Å². The first-order valence-corrected chi connectivity index (χ1v) is 12.9. The molecule has 2 N–H and O–H groups in total. The van der Waals surface area contributed by atoms with Crippen LogP contribution in [-0.4, -0.2) is 85.6 Å².